The first kappa shape index (κ1) is 27.5. The Balaban J connectivity index is 0.00000408. The molecule has 0 spiro atoms. The summed E-state index contributed by atoms with van der Waals surface area (Å²) in [6, 6.07) is 19.8. The molecule has 0 aliphatic heterocycles. The van der Waals surface area contributed by atoms with E-state index in [1.165, 1.54) is 0 Å². The van der Waals surface area contributed by atoms with Crippen molar-refractivity contribution in [2.24, 2.45) is 0 Å². The zero-order valence-electron chi connectivity index (χ0n) is 18.9. The Hall–Kier alpha value is -2.77. The summed E-state index contributed by atoms with van der Waals surface area (Å²) in [7, 11) is 0. The van der Waals surface area contributed by atoms with Crippen LogP contribution < -0.4 is 14.8 Å². The fourth-order valence-corrected chi connectivity index (χ4v) is 3.46. The van der Waals surface area contributed by atoms with Gasteiger partial charge in [-0.3, -0.25) is 0 Å². The Morgan fingerprint density at radius 1 is 1.00 bits per heavy atom. The molecule has 0 aliphatic rings. The van der Waals surface area contributed by atoms with Crippen LogP contribution in [0.4, 0.5) is 0 Å². The van der Waals surface area contributed by atoms with Crippen molar-refractivity contribution in [1.82, 2.24) is 5.32 Å². The van der Waals surface area contributed by atoms with Gasteiger partial charge in [-0.05, 0) is 59.5 Å². The number of ether oxygens (including phenoxy) is 2. The Labute approximate surface area is 210 Å². The van der Waals surface area contributed by atoms with E-state index in [-0.39, 0.29) is 18.0 Å². The van der Waals surface area contributed by atoms with Gasteiger partial charge in [0.2, 0.25) is 0 Å². The van der Waals surface area contributed by atoms with E-state index in [0.717, 1.165) is 28.9 Å². The second-order valence-electron chi connectivity index (χ2n) is 7.51. The highest BCUT2D eigenvalue weighted by atomic mass is 35.5. The Morgan fingerprint density at radius 3 is 2.41 bits per heavy atom. The minimum atomic E-state index is -1.01. The quantitative estimate of drug-likeness (QED) is 0.277. The highest BCUT2D eigenvalue weighted by Crippen LogP contribution is 2.29. The lowest BCUT2D eigenvalue weighted by atomic mass is 10.0. The van der Waals surface area contributed by atoms with Crippen molar-refractivity contribution in [3.05, 3.63) is 82.9 Å². The number of halogens is 2. The molecule has 0 aliphatic carbocycles. The van der Waals surface area contributed by atoms with Gasteiger partial charge in [0.15, 0.2) is 0 Å². The summed E-state index contributed by atoms with van der Waals surface area (Å²) in [5.74, 6) is 0.0823. The van der Waals surface area contributed by atoms with Crippen molar-refractivity contribution in [2.45, 2.75) is 19.4 Å². The van der Waals surface area contributed by atoms with Gasteiger partial charge in [0, 0.05) is 18.1 Å². The molecule has 34 heavy (non-hydrogen) atoms. The molecule has 0 unspecified atom stereocenters. The maximum Gasteiger partial charge on any atom is 0.339 e. The average molecular weight is 506 g/mol. The summed E-state index contributed by atoms with van der Waals surface area (Å²) in [4.78, 5) is 11.4. The van der Waals surface area contributed by atoms with Crippen molar-refractivity contribution in [1.29, 1.82) is 0 Å². The van der Waals surface area contributed by atoms with Crippen molar-refractivity contribution in [3.63, 3.8) is 0 Å². The molecule has 3 N–H and O–H groups in total. The monoisotopic (exact) mass is 505 g/mol. The highest BCUT2D eigenvalue weighted by Gasteiger charge is 2.13. The van der Waals surface area contributed by atoms with Crippen LogP contribution in [0.5, 0.6) is 11.5 Å². The summed E-state index contributed by atoms with van der Waals surface area (Å²) >= 11 is 5.96. The second-order valence-corrected chi connectivity index (χ2v) is 7.95. The third-order valence-corrected chi connectivity index (χ3v) is 5.22. The van der Waals surface area contributed by atoms with E-state index in [1.54, 1.807) is 30.3 Å². The first-order valence-corrected chi connectivity index (χ1v) is 11.2. The summed E-state index contributed by atoms with van der Waals surface area (Å²) in [6.45, 7) is 3.86. The molecule has 3 aromatic carbocycles. The molecule has 182 valence electrons. The topological polar surface area (TPSA) is 88.0 Å². The van der Waals surface area contributed by atoms with Gasteiger partial charge in [0.05, 0.1) is 12.7 Å². The first-order chi connectivity index (χ1) is 16.0. The normalized spacial score (nSPS) is 11.4. The average Bonchev–Trinajstić information content (AvgIpc) is 2.82. The molecule has 0 saturated carbocycles. The smallest absolute Gasteiger partial charge is 0.339 e. The molecule has 0 amide bonds. The number of aliphatic hydroxyl groups is 1. The molecular weight excluding hydrogens is 477 g/mol. The summed E-state index contributed by atoms with van der Waals surface area (Å²) in [5, 5.41) is 23.3. The predicted octanol–water partition coefficient (Wildman–Crippen LogP) is 5.62. The van der Waals surface area contributed by atoms with Crippen molar-refractivity contribution in [3.8, 4) is 22.6 Å². The molecule has 0 saturated heterocycles. The van der Waals surface area contributed by atoms with Crippen LogP contribution in [0.15, 0.2) is 66.7 Å². The number of aliphatic hydroxyl groups excluding tert-OH is 1. The Bertz CT molecular complexity index is 1060. The lowest BCUT2D eigenvalue weighted by Crippen LogP contribution is -2.26. The summed E-state index contributed by atoms with van der Waals surface area (Å²) < 4.78 is 11.4. The predicted molar refractivity (Wildman–Crippen MR) is 137 cm³/mol. The van der Waals surface area contributed by atoms with Gasteiger partial charge >= 0.3 is 5.97 Å². The van der Waals surface area contributed by atoms with E-state index >= 15 is 0 Å². The summed E-state index contributed by atoms with van der Waals surface area (Å²) in [5.41, 5.74) is 2.73. The molecule has 0 aromatic heterocycles. The number of carbonyl (C=O) groups is 1. The van der Waals surface area contributed by atoms with Crippen LogP contribution in [0, 0.1) is 0 Å². The van der Waals surface area contributed by atoms with Crippen LogP contribution in [0.3, 0.4) is 0 Å². The van der Waals surface area contributed by atoms with E-state index in [1.807, 2.05) is 43.3 Å². The largest absolute Gasteiger partial charge is 0.493 e. The Morgan fingerprint density at radius 2 is 1.74 bits per heavy atom. The molecule has 0 bridgehead atoms. The van der Waals surface area contributed by atoms with Crippen LogP contribution in [0.2, 0.25) is 5.02 Å². The molecule has 3 rings (SSSR count). The second kappa shape index (κ2) is 13.8. The third kappa shape index (κ3) is 7.92. The van der Waals surface area contributed by atoms with Gasteiger partial charge in [-0.15, -0.1) is 12.4 Å². The first-order valence-electron chi connectivity index (χ1n) is 10.9. The number of rotatable bonds is 12. The standard InChI is InChI=1S/C26H28ClNO5.ClH/c1-2-13-33-25-16-19(8-11-23(25)26(30)31)18-6-9-22(10-7-18)32-14-12-28-17-24(29)20-4-3-5-21(27)15-20;/h3-11,15-16,24,28-29H,2,12-14,17H2,1H3,(H,30,31);1H/t24-;/m0./s1. The Kier molecular flexibility index (Phi) is 11.2. The summed E-state index contributed by atoms with van der Waals surface area (Å²) in [6.07, 6.45) is 0.158. The van der Waals surface area contributed by atoms with Crippen LogP contribution in [0.1, 0.15) is 35.4 Å². The van der Waals surface area contributed by atoms with Crippen LogP contribution >= 0.6 is 24.0 Å². The van der Waals surface area contributed by atoms with E-state index < -0.39 is 12.1 Å². The van der Waals surface area contributed by atoms with Crippen LogP contribution in [-0.4, -0.2) is 42.5 Å². The van der Waals surface area contributed by atoms with Gasteiger partial charge in [0.1, 0.15) is 23.7 Å². The molecule has 0 fully saturated rings. The van der Waals surface area contributed by atoms with Crippen LogP contribution in [0.25, 0.3) is 11.1 Å². The molecule has 8 heteroatoms. The van der Waals surface area contributed by atoms with Gasteiger partial charge in [-0.1, -0.05) is 48.9 Å². The number of hydrogen-bond acceptors (Lipinski definition) is 5. The van der Waals surface area contributed by atoms with E-state index in [0.29, 0.717) is 37.1 Å². The van der Waals surface area contributed by atoms with Crippen molar-refractivity contribution in [2.75, 3.05) is 26.3 Å². The number of aromatic carboxylic acids is 1. The third-order valence-electron chi connectivity index (χ3n) is 4.98. The fourth-order valence-electron chi connectivity index (χ4n) is 3.27. The number of carboxylic acid groups (broad SMARTS) is 1. The molecule has 6 nitrogen and oxygen atoms in total. The SMILES string of the molecule is CCCOc1cc(-c2ccc(OCCNC[C@H](O)c3cccc(Cl)c3)cc2)ccc1C(=O)O.Cl. The van der Waals surface area contributed by atoms with Crippen molar-refractivity contribution < 1.29 is 24.5 Å². The number of carboxylic acids is 1. The van der Waals surface area contributed by atoms with E-state index in [2.05, 4.69) is 5.32 Å². The minimum absolute atomic E-state index is 0. The van der Waals surface area contributed by atoms with E-state index in [9.17, 15) is 15.0 Å². The minimum Gasteiger partial charge on any atom is -0.493 e. The van der Waals surface area contributed by atoms with E-state index in [4.69, 9.17) is 21.1 Å². The maximum atomic E-state index is 11.4. The van der Waals surface area contributed by atoms with Gasteiger partial charge in [-0.2, -0.15) is 0 Å². The zero-order chi connectivity index (χ0) is 23.6. The van der Waals surface area contributed by atoms with Gasteiger partial charge < -0.3 is 25.0 Å². The van der Waals surface area contributed by atoms with Gasteiger partial charge in [-0.25, -0.2) is 4.79 Å². The lowest BCUT2D eigenvalue weighted by molar-refractivity contribution is 0.0692. The molecule has 0 radical (unpaired) electrons. The fraction of sp³-hybridized carbons (Fsp3) is 0.269. The molecule has 1 atom stereocenters. The zero-order valence-corrected chi connectivity index (χ0v) is 20.4. The number of benzene rings is 3. The van der Waals surface area contributed by atoms with Crippen molar-refractivity contribution >= 4 is 30.0 Å². The number of hydrogen-bond donors (Lipinski definition) is 3. The number of nitrogens with one attached hydrogen (secondary N) is 1. The molecular formula is C26H29Cl2NO5. The molecule has 0 heterocycles. The molecule has 3 aromatic rings. The highest BCUT2D eigenvalue weighted by molar-refractivity contribution is 6.30. The van der Waals surface area contributed by atoms with Gasteiger partial charge in [0.25, 0.3) is 0 Å². The maximum absolute atomic E-state index is 11.4. The van der Waals surface area contributed by atoms with Crippen LogP contribution in [-0.2, 0) is 0 Å². The lowest BCUT2D eigenvalue weighted by Gasteiger charge is -2.13.